The Hall–Kier alpha value is -2.89. The summed E-state index contributed by atoms with van der Waals surface area (Å²) in [7, 11) is 0. The zero-order valence-electron chi connectivity index (χ0n) is 15.8. The van der Waals surface area contributed by atoms with Crippen LogP contribution in [0.5, 0.6) is 5.88 Å². The molecule has 6 heteroatoms. The topological polar surface area (TPSA) is 39.1 Å². The molecular weight excluding hydrogens is 389 g/mol. The third-order valence-electron chi connectivity index (χ3n) is 4.71. The van der Waals surface area contributed by atoms with Crippen LogP contribution >= 0.6 is 11.6 Å². The van der Waals surface area contributed by atoms with Crippen LogP contribution in [0.25, 0.3) is 10.9 Å². The third-order valence-corrected chi connectivity index (χ3v) is 5.06. The SMILES string of the molecule is Fc1ccc(Cn2cc(CNCCOc3ccccn3)c3ccccc32)c(Cl)c1. The number of rotatable bonds is 8. The Kier molecular flexibility index (Phi) is 6.08. The Bertz CT molecular complexity index is 1100. The van der Waals surface area contributed by atoms with Gasteiger partial charge in [0.25, 0.3) is 0 Å². The molecule has 0 aliphatic heterocycles. The number of aromatic nitrogens is 2. The number of nitrogens with zero attached hydrogens (tertiary/aromatic N) is 2. The van der Waals surface area contributed by atoms with Gasteiger partial charge < -0.3 is 14.6 Å². The molecule has 1 N–H and O–H groups in total. The van der Waals surface area contributed by atoms with Crippen molar-refractivity contribution in [2.24, 2.45) is 0 Å². The second kappa shape index (κ2) is 9.07. The van der Waals surface area contributed by atoms with Gasteiger partial charge >= 0.3 is 0 Å². The molecule has 0 spiro atoms. The third kappa shape index (κ3) is 4.75. The Morgan fingerprint density at radius 1 is 1.03 bits per heavy atom. The Morgan fingerprint density at radius 2 is 1.90 bits per heavy atom. The van der Waals surface area contributed by atoms with E-state index in [0.717, 1.165) is 17.6 Å². The molecule has 0 saturated heterocycles. The van der Waals surface area contributed by atoms with Crippen molar-refractivity contribution < 1.29 is 9.13 Å². The molecule has 4 rings (SSSR count). The molecule has 0 saturated carbocycles. The number of halogens is 2. The lowest BCUT2D eigenvalue weighted by Crippen LogP contribution is -2.20. The first-order valence-electron chi connectivity index (χ1n) is 9.46. The van der Waals surface area contributed by atoms with Crippen LogP contribution in [-0.4, -0.2) is 22.7 Å². The van der Waals surface area contributed by atoms with Gasteiger partial charge in [-0.2, -0.15) is 0 Å². The van der Waals surface area contributed by atoms with Gasteiger partial charge in [-0.05, 0) is 35.4 Å². The van der Waals surface area contributed by atoms with Crippen molar-refractivity contribution in [2.45, 2.75) is 13.1 Å². The van der Waals surface area contributed by atoms with E-state index in [-0.39, 0.29) is 5.82 Å². The molecule has 0 fully saturated rings. The number of fused-ring (bicyclic) bond motifs is 1. The number of para-hydroxylation sites is 1. The van der Waals surface area contributed by atoms with Crippen molar-refractivity contribution in [1.29, 1.82) is 0 Å². The van der Waals surface area contributed by atoms with Gasteiger partial charge in [-0.1, -0.05) is 41.9 Å². The van der Waals surface area contributed by atoms with Crippen LogP contribution in [0.2, 0.25) is 5.02 Å². The molecule has 0 radical (unpaired) electrons. The predicted octanol–water partition coefficient (Wildman–Crippen LogP) is 5.05. The van der Waals surface area contributed by atoms with Crippen LogP contribution in [0, 0.1) is 5.82 Å². The normalized spacial score (nSPS) is 11.1. The average molecular weight is 410 g/mol. The van der Waals surface area contributed by atoms with Crippen LogP contribution in [0.3, 0.4) is 0 Å². The predicted molar refractivity (Wildman–Crippen MR) is 114 cm³/mol. The maximum absolute atomic E-state index is 13.3. The van der Waals surface area contributed by atoms with Crippen molar-refractivity contribution in [1.82, 2.24) is 14.9 Å². The lowest BCUT2D eigenvalue weighted by Gasteiger charge is -2.07. The van der Waals surface area contributed by atoms with Crippen molar-refractivity contribution >= 4 is 22.5 Å². The van der Waals surface area contributed by atoms with E-state index in [1.807, 2.05) is 30.3 Å². The molecule has 2 heterocycles. The highest BCUT2D eigenvalue weighted by atomic mass is 35.5. The number of benzene rings is 2. The van der Waals surface area contributed by atoms with Crippen LogP contribution in [0.15, 0.2) is 73.1 Å². The first-order chi connectivity index (χ1) is 14.2. The number of nitrogens with one attached hydrogen (secondary N) is 1. The van der Waals surface area contributed by atoms with E-state index in [2.05, 4.69) is 33.2 Å². The van der Waals surface area contributed by atoms with Crippen molar-refractivity contribution in [3.05, 3.63) is 95.0 Å². The molecule has 0 bridgehead atoms. The largest absolute Gasteiger partial charge is 0.476 e. The molecule has 0 aliphatic rings. The standard InChI is InChI=1S/C23H21ClFN3O/c24-21-13-19(25)9-8-17(21)15-28-16-18(20-5-1-2-6-22(20)28)14-26-11-12-29-23-7-3-4-10-27-23/h1-10,13,16,26H,11-12,14-15H2. The van der Waals surface area contributed by atoms with Crippen LogP contribution in [-0.2, 0) is 13.1 Å². The summed E-state index contributed by atoms with van der Waals surface area (Å²) in [6.45, 7) is 2.55. The van der Waals surface area contributed by atoms with Crippen LogP contribution in [0.4, 0.5) is 4.39 Å². The number of pyridine rings is 1. The van der Waals surface area contributed by atoms with E-state index in [0.29, 0.717) is 30.6 Å². The molecule has 4 aromatic rings. The molecule has 148 valence electrons. The zero-order chi connectivity index (χ0) is 20.1. The fraction of sp³-hybridized carbons (Fsp3) is 0.174. The van der Waals surface area contributed by atoms with Gasteiger partial charge in [0.15, 0.2) is 0 Å². The maximum Gasteiger partial charge on any atom is 0.213 e. The first kappa shape index (κ1) is 19.4. The van der Waals surface area contributed by atoms with Crippen molar-refractivity contribution in [3.63, 3.8) is 0 Å². The number of hydrogen-bond donors (Lipinski definition) is 1. The van der Waals surface area contributed by atoms with Gasteiger partial charge in [0.2, 0.25) is 5.88 Å². The summed E-state index contributed by atoms with van der Waals surface area (Å²) in [5.41, 5.74) is 3.20. The molecule has 0 unspecified atom stereocenters. The number of ether oxygens (including phenoxy) is 1. The van der Waals surface area contributed by atoms with E-state index in [4.69, 9.17) is 16.3 Å². The molecular formula is C23H21ClFN3O. The van der Waals surface area contributed by atoms with E-state index in [9.17, 15) is 4.39 Å². The van der Waals surface area contributed by atoms with E-state index < -0.39 is 0 Å². The first-order valence-corrected chi connectivity index (χ1v) is 9.84. The smallest absolute Gasteiger partial charge is 0.213 e. The molecule has 4 nitrogen and oxygen atoms in total. The fourth-order valence-electron chi connectivity index (χ4n) is 3.31. The molecule has 2 aromatic carbocycles. The molecule has 0 aliphatic carbocycles. The van der Waals surface area contributed by atoms with Gasteiger partial charge in [-0.25, -0.2) is 9.37 Å². The Balaban J connectivity index is 1.43. The Labute approximate surface area is 173 Å². The van der Waals surface area contributed by atoms with Crippen molar-refractivity contribution in [3.8, 4) is 5.88 Å². The lowest BCUT2D eigenvalue weighted by molar-refractivity contribution is 0.302. The zero-order valence-corrected chi connectivity index (χ0v) is 16.6. The molecule has 0 atom stereocenters. The second-order valence-corrected chi connectivity index (χ2v) is 7.14. The summed E-state index contributed by atoms with van der Waals surface area (Å²) in [6, 6.07) is 18.4. The van der Waals surface area contributed by atoms with E-state index >= 15 is 0 Å². The quantitative estimate of drug-likeness (QED) is 0.414. The number of hydrogen-bond acceptors (Lipinski definition) is 3. The minimum absolute atomic E-state index is 0.325. The van der Waals surface area contributed by atoms with E-state index in [1.54, 1.807) is 12.3 Å². The summed E-state index contributed by atoms with van der Waals surface area (Å²) in [5, 5.41) is 5.04. The summed E-state index contributed by atoms with van der Waals surface area (Å²) in [5.74, 6) is 0.302. The van der Waals surface area contributed by atoms with E-state index in [1.165, 1.54) is 23.1 Å². The van der Waals surface area contributed by atoms with Crippen molar-refractivity contribution in [2.75, 3.05) is 13.2 Å². The van der Waals surface area contributed by atoms with Gasteiger partial charge in [0, 0.05) is 54.0 Å². The fourth-order valence-corrected chi connectivity index (χ4v) is 3.54. The average Bonchev–Trinajstić information content (AvgIpc) is 3.08. The second-order valence-electron chi connectivity index (χ2n) is 6.73. The minimum Gasteiger partial charge on any atom is -0.476 e. The summed E-state index contributed by atoms with van der Waals surface area (Å²) >= 11 is 6.22. The van der Waals surface area contributed by atoms with Gasteiger partial charge in [0.1, 0.15) is 12.4 Å². The monoisotopic (exact) mass is 409 g/mol. The van der Waals surface area contributed by atoms with Crippen LogP contribution < -0.4 is 10.1 Å². The van der Waals surface area contributed by atoms with Gasteiger partial charge in [0.05, 0.1) is 0 Å². The van der Waals surface area contributed by atoms with Gasteiger partial charge in [-0.15, -0.1) is 0 Å². The minimum atomic E-state index is -0.325. The Morgan fingerprint density at radius 3 is 2.72 bits per heavy atom. The highest BCUT2D eigenvalue weighted by molar-refractivity contribution is 6.31. The summed E-state index contributed by atoms with van der Waals surface area (Å²) < 4.78 is 21.1. The summed E-state index contributed by atoms with van der Waals surface area (Å²) in [4.78, 5) is 4.14. The highest BCUT2D eigenvalue weighted by Gasteiger charge is 2.10. The summed E-state index contributed by atoms with van der Waals surface area (Å²) in [6.07, 6.45) is 3.84. The van der Waals surface area contributed by atoms with Crippen LogP contribution in [0.1, 0.15) is 11.1 Å². The lowest BCUT2D eigenvalue weighted by atomic mass is 10.2. The highest BCUT2D eigenvalue weighted by Crippen LogP contribution is 2.25. The maximum atomic E-state index is 13.3. The molecule has 29 heavy (non-hydrogen) atoms. The molecule has 0 amide bonds. The molecule has 2 aromatic heterocycles. The van der Waals surface area contributed by atoms with Gasteiger partial charge in [-0.3, -0.25) is 0 Å².